The minimum Gasteiger partial charge on any atom is -0.345 e. The third kappa shape index (κ3) is 1.54. The van der Waals surface area contributed by atoms with Crippen LogP contribution in [0.1, 0.15) is 5.56 Å². The molecule has 1 aromatic carbocycles. The summed E-state index contributed by atoms with van der Waals surface area (Å²) in [5.74, 6) is 0. The molecule has 4 nitrogen and oxygen atoms in total. The van der Waals surface area contributed by atoms with E-state index in [1.54, 1.807) is 6.07 Å². The van der Waals surface area contributed by atoms with E-state index in [2.05, 4.69) is 27.2 Å². The maximum absolute atomic E-state index is 8.88. The molecule has 3 rings (SSSR count). The molecule has 0 bridgehead atoms. The molecule has 0 aliphatic carbocycles. The van der Waals surface area contributed by atoms with Gasteiger partial charge in [0.2, 0.25) is 0 Å². The number of aromatic nitrogens is 3. The van der Waals surface area contributed by atoms with Crippen molar-refractivity contribution in [2.75, 3.05) is 0 Å². The second kappa shape index (κ2) is 3.72. The van der Waals surface area contributed by atoms with Gasteiger partial charge in [0.25, 0.3) is 0 Å². The summed E-state index contributed by atoms with van der Waals surface area (Å²) in [4.78, 5) is 11.1. The van der Waals surface area contributed by atoms with E-state index >= 15 is 0 Å². The van der Waals surface area contributed by atoms with E-state index in [1.807, 2.05) is 24.4 Å². The molecule has 79 valence electrons. The van der Waals surface area contributed by atoms with Gasteiger partial charge < -0.3 is 4.98 Å². The molecule has 17 heavy (non-hydrogen) atoms. The quantitative estimate of drug-likeness (QED) is 0.682. The Morgan fingerprint density at radius 3 is 3.18 bits per heavy atom. The Morgan fingerprint density at radius 1 is 1.35 bits per heavy atom. The van der Waals surface area contributed by atoms with Crippen LogP contribution in [0.2, 0.25) is 0 Å². The predicted molar refractivity (Wildman–Crippen MR) is 62.9 cm³/mol. The molecule has 0 aliphatic heterocycles. The van der Waals surface area contributed by atoms with Crippen molar-refractivity contribution in [3.05, 3.63) is 48.5 Å². The average Bonchev–Trinajstić information content (AvgIpc) is 2.82. The van der Waals surface area contributed by atoms with Gasteiger partial charge in [0.1, 0.15) is 18.2 Å². The lowest BCUT2D eigenvalue weighted by Crippen LogP contribution is -1.81. The van der Waals surface area contributed by atoms with Crippen LogP contribution in [0.3, 0.4) is 0 Å². The maximum Gasteiger partial charge on any atom is 0.142 e. The summed E-state index contributed by atoms with van der Waals surface area (Å²) in [6.45, 7) is 0. The molecule has 0 atom stereocenters. The highest BCUT2D eigenvalue weighted by Crippen LogP contribution is 2.26. The van der Waals surface area contributed by atoms with Gasteiger partial charge in [0, 0.05) is 11.8 Å². The molecule has 0 saturated carbocycles. The average molecular weight is 219 g/mol. The van der Waals surface area contributed by atoms with Gasteiger partial charge in [-0.15, -0.1) is 0 Å². The Balaban J connectivity index is 2.24. The first-order valence-corrected chi connectivity index (χ1v) is 5.09. The van der Waals surface area contributed by atoms with E-state index in [4.69, 9.17) is 5.26 Å². The van der Waals surface area contributed by atoms with Crippen LogP contribution in [0.5, 0.6) is 0 Å². The van der Waals surface area contributed by atoms with Crippen LogP contribution < -0.4 is 0 Å². The first-order valence-electron chi connectivity index (χ1n) is 5.09. The molecule has 2 aromatic heterocycles. The van der Waals surface area contributed by atoms with Gasteiger partial charge in [-0.2, -0.15) is 5.26 Å². The molecular weight excluding hydrogens is 212 g/mol. The molecule has 0 unspecified atom stereocenters. The molecule has 0 fully saturated rings. The first-order chi connectivity index (χ1) is 8.38. The first kappa shape index (κ1) is 9.55. The van der Waals surface area contributed by atoms with E-state index in [9.17, 15) is 0 Å². The van der Waals surface area contributed by atoms with E-state index < -0.39 is 0 Å². The van der Waals surface area contributed by atoms with Gasteiger partial charge in [-0.3, -0.25) is 0 Å². The third-order valence-corrected chi connectivity index (χ3v) is 2.58. The lowest BCUT2D eigenvalue weighted by atomic mass is 10.0. The SMILES string of the molecule is N#Cc1cccc(-c2c[nH]c3ncn[c]c23)c1. The van der Waals surface area contributed by atoms with Crippen LogP contribution in [0.4, 0.5) is 0 Å². The highest BCUT2D eigenvalue weighted by molar-refractivity contribution is 5.92. The summed E-state index contributed by atoms with van der Waals surface area (Å²) in [6.07, 6.45) is 6.21. The predicted octanol–water partition coefficient (Wildman–Crippen LogP) is 2.30. The van der Waals surface area contributed by atoms with E-state index in [0.717, 1.165) is 22.2 Å². The number of fused-ring (bicyclic) bond motifs is 1. The van der Waals surface area contributed by atoms with Crippen molar-refractivity contribution in [2.45, 2.75) is 0 Å². The van der Waals surface area contributed by atoms with Crippen molar-refractivity contribution in [1.29, 1.82) is 5.26 Å². The van der Waals surface area contributed by atoms with Crippen LogP contribution in [0.25, 0.3) is 22.2 Å². The maximum atomic E-state index is 8.88. The number of benzene rings is 1. The van der Waals surface area contributed by atoms with Crippen LogP contribution in [0, 0.1) is 17.5 Å². The Morgan fingerprint density at radius 2 is 2.29 bits per heavy atom. The number of nitrogens with one attached hydrogen (secondary N) is 1. The minimum atomic E-state index is 0.633. The second-order valence-corrected chi connectivity index (χ2v) is 3.60. The van der Waals surface area contributed by atoms with Gasteiger partial charge in [0.05, 0.1) is 17.0 Å². The fraction of sp³-hybridized carbons (Fsp3) is 0. The highest BCUT2D eigenvalue weighted by atomic mass is 14.9. The third-order valence-electron chi connectivity index (χ3n) is 2.58. The summed E-state index contributed by atoms with van der Waals surface area (Å²) >= 11 is 0. The summed E-state index contributed by atoms with van der Waals surface area (Å²) in [7, 11) is 0. The standard InChI is InChI=1S/C13H7N4/c14-5-9-2-1-3-10(4-9)11-7-16-13-12(11)6-15-8-17-13/h1-4,7-8H,(H,15,16,17). The molecule has 4 heteroatoms. The van der Waals surface area contributed by atoms with Gasteiger partial charge in [-0.1, -0.05) is 12.1 Å². The lowest BCUT2D eigenvalue weighted by molar-refractivity contribution is 1.19. The fourth-order valence-corrected chi connectivity index (χ4v) is 1.79. The number of aromatic amines is 1. The molecule has 0 saturated heterocycles. The van der Waals surface area contributed by atoms with Crippen molar-refractivity contribution in [2.24, 2.45) is 0 Å². The Labute approximate surface area is 97.6 Å². The summed E-state index contributed by atoms with van der Waals surface area (Å²) < 4.78 is 0. The van der Waals surface area contributed by atoms with Crippen molar-refractivity contribution in [1.82, 2.24) is 15.0 Å². The highest BCUT2D eigenvalue weighted by Gasteiger charge is 2.07. The van der Waals surface area contributed by atoms with Crippen molar-refractivity contribution < 1.29 is 0 Å². The van der Waals surface area contributed by atoms with Crippen molar-refractivity contribution in [3.63, 3.8) is 0 Å². The largest absolute Gasteiger partial charge is 0.345 e. The molecule has 1 N–H and O–H groups in total. The van der Waals surface area contributed by atoms with Crippen molar-refractivity contribution in [3.8, 4) is 17.2 Å². The number of nitriles is 1. The molecule has 3 aromatic rings. The smallest absolute Gasteiger partial charge is 0.142 e. The van der Waals surface area contributed by atoms with Crippen LogP contribution in [0.15, 0.2) is 36.8 Å². The fourth-order valence-electron chi connectivity index (χ4n) is 1.79. The van der Waals surface area contributed by atoms with Gasteiger partial charge in [-0.05, 0) is 17.7 Å². The van der Waals surface area contributed by atoms with Crippen LogP contribution in [-0.4, -0.2) is 15.0 Å². The number of nitrogens with zero attached hydrogens (tertiary/aromatic N) is 3. The topological polar surface area (TPSA) is 65.4 Å². The zero-order valence-corrected chi connectivity index (χ0v) is 8.81. The van der Waals surface area contributed by atoms with Gasteiger partial charge in [0.15, 0.2) is 0 Å². The van der Waals surface area contributed by atoms with E-state index in [1.165, 1.54) is 6.33 Å². The van der Waals surface area contributed by atoms with E-state index in [-0.39, 0.29) is 0 Å². The summed E-state index contributed by atoms with van der Waals surface area (Å²) in [5.41, 5.74) is 3.30. The molecule has 0 amide bonds. The number of H-pyrrole nitrogens is 1. The number of hydrogen-bond acceptors (Lipinski definition) is 3. The number of hydrogen-bond donors (Lipinski definition) is 1. The summed E-state index contributed by atoms with van der Waals surface area (Å²) in [6, 6.07) is 9.55. The lowest BCUT2D eigenvalue weighted by Gasteiger charge is -1.98. The summed E-state index contributed by atoms with van der Waals surface area (Å²) in [5, 5.41) is 9.72. The molecule has 1 radical (unpaired) electrons. The molecule has 0 spiro atoms. The van der Waals surface area contributed by atoms with Crippen LogP contribution >= 0.6 is 0 Å². The Hall–Kier alpha value is -2.67. The van der Waals surface area contributed by atoms with Crippen molar-refractivity contribution >= 4 is 11.0 Å². The molecule has 0 aliphatic rings. The van der Waals surface area contributed by atoms with E-state index in [0.29, 0.717) is 5.56 Å². The molecular formula is C13H7N4. The zero-order chi connectivity index (χ0) is 11.7. The second-order valence-electron chi connectivity index (χ2n) is 3.60. The van der Waals surface area contributed by atoms with Crippen LogP contribution in [-0.2, 0) is 0 Å². The Kier molecular flexibility index (Phi) is 2.09. The van der Waals surface area contributed by atoms with Gasteiger partial charge in [-0.25, -0.2) is 9.97 Å². The Bertz CT molecular complexity index is 721. The normalized spacial score (nSPS) is 10.3. The van der Waals surface area contributed by atoms with Gasteiger partial charge >= 0.3 is 0 Å². The minimum absolute atomic E-state index is 0.633. The monoisotopic (exact) mass is 219 g/mol. The molecule has 2 heterocycles. The number of rotatable bonds is 1. The zero-order valence-electron chi connectivity index (χ0n) is 8.81.